The van der Waals surface area contributed by atoms with E-state index in [1.54, 1.807) is 0 Å². The van der Waals surface area contributed by atoms with E-state index in [0.29, 0.717) is 0 Å². The number of hydrogen-bond acceptors (Lipinski definition) is 3. The number of hydrogen-bond donors (Lipinski definition) is 1. The molecule has 0 radical (unpaired) electrons. The van der Waals surface area contributed by atoms with Crippen molar-refractivity contribution in [3.63, 3.8) is 0 Å². The maximum Gasteiger partial charge on any atom is 0.0495 e. The zero-order valence-corrected chi connectivity index (χ0v) is 9.66. The van der Waals surface area contributed by atoms with Crippen molar-refractivity contribution in [3.8, 4) is 0 Å². The minimum Gasteiger partial charge on any atom is -0.381 e. The average Bonchev–Trinajstić information content (AvgIpc) is 2.79. The lowest BCUT2D eigenvalue weighted by Gasteiger charge is -2.32. The Balaban J connectivity index is 1.65. The molecule has 0 saturated carbocycles. The first kappa shape index (κ1) is 11.4. The summed E-state index contributed by atoms with van der Waals surface area (Å²) in [5.41, 5.74) is 5.74. The molecule has 2 N–H and O–H groups in total. The van der Waals surface area contributed by atoms with Crippen LogP contribution in [-0.4, -0.2) is 44.3 Å². The molecule has 2 fully saturated rings. The predicted octanol–water partition coefficient (Wildman–Crippen LogP) is 1.08. The Kier molecular flexibility index (Phi) is 4.42. The molecule has 0 aromatic heterocycles. The Morgan fingerprint density at radius 1 is 1.27 bits per heavy atom. The van der Waals surface area contributed by atoms with Crippen molar-refractivity contribution in [3.05, 3.63) is 0 Å². The molecule has 0 bridgehead atoms. The Labute approximate surface area is 93.0 Å². The number of nitrogens with zero attached hydrogens (tertiary/aromatic N) is 1. The predicted molar refractivity (Wildman–Crippen MR) is 61.8 cm³/mol. The second-order valence-electron chi connectivity index (χ2n) is 5.06. The summed E-state index contributed by atoms with van der Waals surface area (Å²) < 4.78 is 5.40. The number of piperidine rings is 1. The van der Waals surface area contributed by atoms with Gasteiger partial charge >= 0.3 is 0 Å². The van der Waals surface area contributed by atoms with Gasteiger partial charge in [-0.2, -0.15) is 0 Å². The van der Waals surface area contributed by atoms with Gasteiger partial charge in [-0.05, 0) is 57.2 Å². The van der Waals surface area contributed by atoms with Crippen molar-refractivity contribution in [2.45, 2.75) is 25.7 Å². The van der Waals surface area contributed by atoms with Crippen molar-refractivity contribution in [2.75, 3.05) is 39.4 Å². The minimum absolute atomic E-state index is 0.749. The van der Waals surface area contributed by atoms with Gasteiger partial charge in [0.05, 0.1) is 0 Å². The van der Waals surface area contributed by atoms with E-state index in [1.807, 2.05) is 0 Å². The highest BCUT2D eigenvalue weighted by Gasteiger charge is 2.21. The van der Waals surface area contributed by atoms with Gasteiger partial charge in [0.15, 0.2) is 0 Å². The Morgan fingerprint density at radius 3 is 2.93 bits per heavy atom. The lowest BCUT2D eigenvalue weighted by atomic mass is 9.97. The van der Waals surface area contributed by atoms with Gasteiger partial charge in [-0.1, -0.05) is 0 Å². The van der Waals surface area contributed by atoms with Crippen molar-refractivity contribution in [1.82, 2.24) is 4.90 Å². The smallest absolute Gasteiger partial charge is 0.0495 e. The van der Waals surface area contributed by atoms with Gasteiger partial charge in [0, 0.05) is 19.8 Å². The molecule has 2 heterocycles. The summed E-state index contributed by atoms with van der Waals surface area (Å²) in [5.74, 6) is 1.57. The van der Waals surface area contributed by atoms with Gasteiger partial charge in [-0.25, -0.2) is 0 Å². The topological polar surface area (TPSA) is 38.5 Å². The van der Waals surface area contributed by atoms with Gasteiger partial charge in [-0.3, -0.25) is 0 Å². The number of nitrogens with two attached hydrogens (primary N) is 1. The van der Waals surface area contributed by atoms with Crippen LogP contribution >= 0.6 is 0 Å². The summed E-state index contributed by atoms with van der Waals surface area (Å²) in [4.78, 5) is 2.60. The molecule has 2 rings (SSSR count). The standard InChI is InChI=1S/C12H24N2O/c13-8-12-2-1-5-14(9-12)6-3-11-4-7-15-10-11/h11-12H,1-10,13H2. The Morgan fingerprint density at radius 2 is 2.20 bits per heavy atom. The first-order chi connectivity index (χ1) is 7.38. The molecule has 2 atom stereocenters. The molecule has 2 aliphatic rings. The van der Waals surface area contributed by atoms with Crippen LogP contribution in [0.5, 0.6) is 0 Å². The van der Waals surface area contributed by atoms with Gasteiger partial charge in [0.1, 0.15) is 0 Å². The molecule has 2 saturated heterocycles. The second kappa shape index (κ2) is 5.83. The van der Waals surface area contributed by atoms with E-state index >= 15 is 0 Å². The van der Waals surface area contributed by atoms with Crippen LogP contribution in [0, 0.1) is 11.8 Å². The number of likely N-dealkylation sites (tertiary alicyclic amines) is 1. The van der Waals surface area contributed by atoms with E-state index in [0.717, 1.165) is 31.6 Å². The van der Waals surface area contributed by atoms with E-state index < -0.39 is 0 Å². The van der Waals surface area contributed by atoms with Crippen LogP contribution in [0.25, 0.3) is 0 Å². The van der Waals surface area contributed by atoms with E-state index in [2.05, 4.69) is 4.90 Å². The molecular formula is C12H24N2O. The van der Waals surface area contributed by atoms with E-state index in [1.165, 1.54) is 45.3 Å². The highest BCUT2D eigenvalue weighted by atomic mass is 16.5. The third-order valence-electron chi connectivity index (χ3n) is 3.81. The molecular weight excluding hydrogens is 188 g/mol. The molecule has 2 unspecified atom stereocenters. The maximum atomic E-state index is 5.74. The molecule has 15 heavy (non-hydrogen) atoms. The van der Waals surface area contributed by atoms with Gasteiger partial charge in [-0.15, -0.1) is 0 Å². The van der Waals surface area contributed by atoms with Crippen LogP contribution in [0.4, 0.5) is 0 Å². The van der Waals surface area contributed by atoms with E-state index in [9.17, 15) is 0 Å². The Bertz CT molecular complexity index is 180. The summed E-state index contributed by atoms with van der Waals surface area (Å²) in [6, 6.07) is 0. The van der Waals surface area contributed by atoms with Crippen LogP contribution in [0.15, 0.2) is 0 Å². The van der Waals surface area contributed by atoms with Crippen LogP contribution in [-0.2, 0) is 4.74 Å². The largest absolute Gasteiger partial charge is 0.381 e. The quantitative estimate of drug-likeness (QED) is 0.758. The molecule has 0 aliphatic carbocycles. The van der Waals surface area contributed by atoms with Crippen LogP contribution in [0.3, 0.4) is 0 Å². The fraction of sp³-hybridized carbons (Fsp3) is 1.00. The zero-order chi connectivity index (χ0) is 10.5. The fourth-order valence-electron chi connectivity index (χ4n) is 2.72. The summed E-state index contributed by atoms with van der Waals surface area (Å²) in [6.07, 6.45) is 5.26. The van der Waals surface area contributed by atoms with Gasteiger partial charge in [0.2, 0.25) is 0 Å². The van der Waals surface area contributed by atoms with Crippen molar-refractivity contribution in [2.24, 2.45) is 17.6 Å². The minimum atomic E-state index is 0.749. The van der Waals surface area contributed by atoms with Crippen molar-refractivity contribution < 1.29 is 4.74 Å². The SMILES string of the molecule is NCC1CCCN(CCC2CCOC2)C1. The molecule has 2 aliphatic heterocycles. The summed E-state index contributed by atoms with van der Waals surface area (Å²) >= 11 is 0. The first-order valence-corrected chi connectivity index (χ1v) is 6.38. The summed E-state index contributed by atoms with van der Waals surface area (Å²) in [6.45, 7) is 6.60. The molecule has 3 heteroatoms. The van der Waals surface area contributed by atoms with Gasteiger partial charge in [0.25, 0.3) is 0 Å². The molecule has 0 spiro atoms. The zero-order valence-electron chi connectivity index (χ0n) is 9.66. The Hall–Kier alpha value is -0.120. The van der Waals surface area contributed by atoms with Crippen molar-refractivity contribution in [1.29, 1.82) is 0 Å². The lowest BCUT2D eigenvalue weighted by Crippen LogP contribution is -2.39. The lowest BCUT2D eigenvalue weighted by molar-refractivity contribution is 0.155. The molecule has 88 valence electrons. The van der Waals surface area contributed by atoms with Crippen LogP contribution in [0.1, 0.15) is 25.7 Å². The van der Waals surface area contributed by atoms with Crippen molar-refractivity contribution >= 4 is 0 Å². The molecule has 0 aromatic rings. The molecule has 0 aromatic carbocycles. The van der Waals surface area contributed by atoms with Crippen LogP contribution in [0.2, 0.25) is 0 Å². The molecule has 3 nitrogen and oxygen atoms in total. The second-order valence-corrected chi connectivity index (χ2v) is 5.06. The normalized spacial score (nSPS) is 33.4. The third-order valence-corrected chi connectivity index (χ3v) is 3.81. The molecule has 0 amide bonds. The monoisotopic (exact) mass is 212 g/mol. The summed E-state index contributed by atoms with van der Waals surface area (Å²) in [5, 5.41) is 0. The highest BCUT2D eigenvalue weighted by molar-refractivity contribution is 4.75. The van der Waals surface area contributed by atoms with E-state index in [-0.39, 0.29) is 0 Å². The third kappa shape index (κ3) is 3.44. The van der Waals surface area contributed by atoms with Crippen LogP contribution < -0.4 is 5.73 Å². The van der Waals surface area contributed by atoms with Gasteiger partial charge < -0.3 is 15.4 Å². The highest BCUT2D eigenvalue weighted by Crippen LogP contribution is 2.20. The fourth-order valence-corrected chi connectivity index (χ4v) is 2.72. The average molecular weight is 212 g/mol. The summed E-state index contributed by atoms with van der Waals surface area (Å²) in [7, 11) is 0. The maximum absolute atomic E-state index is 5.74. The number of ether oxygens (including phenoxy) is 1. The number of rotatable bonds is 4. The first-order valence-electron chi connectivity index (χ1n) is 6.38. The van der Waals surface area contributed by atoms with E-state index in [4.69, 9.17) is 10.5 Å².